The van der Waals surface area contributed by atoms with E-state index in [9.17, 15) is 13.2 Å². The SMILES string of the molecule is Cc1ccc(S(=O)(=O)n2c3c(C)cc(C)cc3c3oc(=O)c4ccccc4c32)cc1. The van der Waals surface area contributed by atoms with Gasteiger partial charge in [0.25, 0.3) is 10.0 Å². The maximum absolute atomic E-state index is 13.8. The van der Waals surface area contributed by atoms with Gasteiger partial charge in [0, 0.05) is 10.8 Å². The first kappa shape index (κ1) is 18.6. The van der Waals surface area contributed by atoms with Crippen molar-refractivity contribution in [1.82, 2.24) is 3.97 Å². The molecule has 0 N–H and O–H groups in total. The summed E-state index contributed by atoms with van der Waals surface area (Å²) >= 11 is 0. The van der Waals surface area contributed by atoms with Crippen molar-refractivity contribution in [1.29, 1.82) is 0 Å². The molecular weight excluding hydrogens is 398 g/mol. The van der Waals surface area contributed by atoms with Crippen LogP contribution < -0.4 is 5.63 Å². The van der Waals surface area contributed by atoms with Gasteiger partial charge in [-0.3, -0.25) is 0 Å². The molecule has 5 aromatic rings. The van der Waals surface area contributed by atoms with Crippen LogP contribution in [0.2, 0.25) is 0 Å². The summed E-state index contributed by atoms with van der Waals surface area (Å²) < 4.78 is 34.7. The summed E-state index contributed by atoms with van der Waals surface area (Å²) in [6.07, 6.45) is 0. The fourth-order valence-electron chi connectivity index (χ4n) is 4.14. The molecule has 3 aromatic carbocycles. The van der Waals surface area contributed by atoms with E-state index in [4.69, 9.17) is 4.42 Å². The molecule has 0 spiro atoms. The second-order valence-electron chi connectivity index (χ2n) is 7.67. The van der Waals surface area contributed by atoms with Gasteiger partial charge in [0.2, 0.25) is 0 Å². The molecule has 5 rings (SSSR count). The molecule has 30 heavy (non-hydrogen) atoms. The maximum Gasteiger partial charge on any atom is 0.344 e. The molecule has 0 aliphatic heterocycles. The van der Waals surface area contributed by atoms with Crippen molar-refractivity contribution in [3.8, 4) is 0 Å². The van der Waals surface area contributed by atoms with Crippen LogP contribution in [-0.4, -0.2) is 12.4 Å². The molecule has 0 saturated heterocycles. The lowest BCUT2D eigenvalue weighted by molar-refractivity contribution is 0.571. The van der Waals surface area contributed by atoms with Crippen molar-refractivity contribution in [2.45, 2.75) is 25.7 Å². The molecule has 0 fully saturated rings. The molecule has 0 amide bonds. The van der Waals surface area contributed by atoms with Crippen LogP contribution in [0.5, 0.6) is 0 Å². The average Bonchev–Trinajstić information content (AvgIpc) is 3.04. The fraction of sp³-hybridized carbons (Fsp3) is 0.125. The first-order valence-corrected chi connectivity index (χ1v) is 11.0. The topological polar surface area (TPSA) is 69.3 Å². The van der Waals surface area contributed by atoms with Crippen LogP contribution in [0.15, 0.2) is 74.8 Å². The second-order valence-corrected chi connectivity index (χ2v) is 9.46. The maximum atomic E-state index is 13.8. The normalized spacial score (nSPS) is 12.2. The lowest BCUT2D eigenvalue weighted by Gasteiger charge is -2.12. The lowest BCUT2D eigenvalue weighted by atomic mass is 10.1. The molecule has 0 saturated carbocycles. The molecule has 5 nitrogen and oxygen atoms in total. The van der Waals surface area contributed by atoms with Gasteiger partial charge in [0.05, 0.1) is 15.8 Å². The number of hydrogen-bond donors (Lipinski definition) is 0. The molecule has 0 aliphatic rings. The molecule has 6 heteroatoms. The second kappa shape index (κ2) is 6.31. The van der Waals surface area contributed by atoms with Crippen molar-refractivity contribution in [2.24, 2.45) is 0 Å². The highest BCUT2D eigenvalue weighted by Crippen LogP contribution is 2.37. The van der Waals surface area contributed by atoms with Crippen molar-refractivity contribution >= 4 is 42.8 Å². The minimum Gasteiger partial charge on any atom is -0.420 e. The predicted molar refractivity (Wildman–Crippen MR) is 119 cm³/mol. The summed E-state index contributed by atoms with van der Waals surface area (Å²) in [5.41, 5.74) is 3.44. The molecule has 0 unspecified atom stereocenters. The number of nitrogens with zero attached hydrogens (tertiary/aromatic N) is 1. The van der Waals surface area contributed by atoms with Gasteiger partial charge in [-0.25, -0.2) is 17.2 Å². The Hall–Kier alpha value is -3.38. The molecule has 150 valence electrons. The Labute approximate surface area is 173 Å². The van der Waals surface area contributed by atoms with E-state index in [1.54, 1.807) is 48.5 Å². The van der Waals surface area contributed by atoms with E-state index in [0.29, 0.717) is 27.2 Å². The first-order chi connectivity index (χ1) is 14.3. The summed E-state index contributed by atoms with van der Waals surface area (Å²) in [4.78, 5) is 12.8. The molecule has 0 radical (unpaired) electrons. The monoisotopic (exact) mass is 417 g/mol. The number of rotatable bonds is 2. The number of benzene rings is 3. The van der Waals surface area contributed by atoms with Gasteiger partial charge in [0.1, 0.15) is 5.52 Å². The van der Waals surface area contributed by atoms with E-state index >= 15 is 0 Å². The summed E-state index contributed by atoms with van der Waals surface area (Å²) in [7, 11) is -3.95. The number of fused-ring (bicyclic) bond motifs is 5. The standard InChI is InChI=1S/C24H19NO4S/c1-14-8-10-17(11-9-14)30(27,28)25-21-16(3)12-15(2)13-20(21)23-22(25)18-6-4-5-7-19(18)24(26)29-23/h4-13H,1-3H3. The lowest BCUT2D eigenvalue weighted by Crippen LogP contribution is -2.14. The van der Waals surface area contributed by atoms with Crippen LogP contribution in [0.1, 0.15) is 16.7 Å². The highest BCUT2D eigenvalue weighted by Gasteiger charge is 2.27. The Morgan fingerprint density at radius 1 is 0.767 bits per heavy atom. The Morgan fingerprint density at radius 3 is 2.13 bits per heavy atom. The van der Waals surface area contributed by atoms with Crippen LogP contribution in [0.25, 0.3) is 32.8 Å². The third-order valence-corrected chi connectivity index (χ3v) is 7.18. The minimum absolute atomic E-state index is 0.183. The third-order valence-electron chi connectivity index (χ3n) is 5.47. The molecule has 2 aromatic heterocycles. The summed E-state index contributed by atoms with van der Waals surface area (Å²) in [6, 6.07) is 17.5. The Morgan fingerprint density at radius 2 is 1.43 bits per heavy atom. The van der Waals surface area contributed by atoms with E-state index in [2.05, 4.69) is 0 Å². The van der Waals surface area contributed by atoms with Crippen LogP contribution in [0.4, 0.5) is 0 Å². The van der Waals surface area contributed by atoms with Crippen LogP contribution in [0, 0.1) is 20.8 Å². The van der Waals surface area contributed by atoms with Crippen LogP contribution in [0.3, 0.4) is 0 Å². The summed E-state index contributed by atoms with van der Waals surface area (Å²) in [6.45, 7) is 5.71. The fourth-order valence-corrected chi connectivity index (χ4v) is 5.74. The molecule has 0 aliphatic carbocycles. The Kier molecular flexibility index (Phi) is 3.92. The number of hydrogen-bond acceptors (Lipinski definition) is 4. The minimum atomic E-state index is -3.95. The van der Waals surface area contributed by atoms with Gasteiger partial charge in [0.15, 0.2) is 5.58 Å². The highest BCUT2D eigenvalue weighted by molar-refractivity contribution is 7.90. The van der Waals surface area contributed by atoms with Gasteiger partial charge >= 0.3 is 5.63 Å². The van der Waals surface area contributed by atoms with Crippen molar-refractivity contribution in [3.05, 3.63) is 87.8 Å². The summed E-state index contributed by atoms with van der Waals surface area (Å²) in [5, 5.41) is 1.51. The van der Waals surface area contributed by atoms with E-state index < -0.39 is 15.6 Å². The third kappa shape index (κ3) is 2.53. The summed E-state index contributed by atoms with van der Waals surface area (Å²) in [5.74, 6) is 0. The van der Waals surface area contributed by atoms with E-state index in [1.165, 1.54) is 3.97 Å². The Balaban J connectivity index is 2.09. The van der Waals surface area contributed by atoms with Crippen molar-refractivity contribution < 1.29 is 12.8 Å². The van der Waals surface area contributed by atoms with Gasteiger partial charge in [-0.2, -0.15) is 0 Å². The van der Waals surface area contributed by atoms with Crippen molar-refractivity contribution in [3.63, 3.8) is 0 Å². The zero-order valence-corrected chi connectivity index (χ0v) is 17.6. The van der Waals surface area contributed by atoms with Gasteiger partial charge in [-0.1, -0.05) is 42.0 Å². The predicted octanol–water partition coefficient (Wildman–Crippen LogP) is 5.06. The van der Waals surface area contributed by atoms with Gasteiger partial charge in [-0.15, -0.1) is 0 Å². The average molecular weight is 417 g/mol. The highest BCUT2D eigenvalue weighted by atomic mass is 32.2. The largest absolute Gasteiger partial charge is 0.420 e. The molecule has 2 heterocycles. The van der Waals surface area contributed by atoms with Gasteiger partial charge < -0.3 is 4.42 Å². The van der Waals surface area contributed by atoms with Crippen molar-refractivity contribution in [2.75, 3.05) is 0 Å². The van der Waals surface area contributed by atoms with Crippen LogP contribution in [-0.2, 0) is 10.0 Å². The van der Waals surface area contributed by atoms with Crippen LogP contribution >= 0.6 is 0 Å². The van der Waals surface area contributed by atoms with Gasteiger partial charge in [-0.05, 0) is 56.2 Å². The zero-order chi connectivity index (χ0) is 21.2. The quantitative estimate of drug-likeness (QED) is 0.402. The number of aryl methyl sites for hydroxylation is 3. The molecule has 0 atom stereocenters. The Bertz CT molecular complexity index is 1640. The van der Waals surface area contributed by atoms with E-state index in [0.717, 1.165) is 16.7 Å². The number of aromatic nitrogens is 1. The molecule has 0 bridgehead atoms. The molecular formula is C24H19NO4S. The first-order valence-electron chi connectivity index (χ1n) is 9.58. The van der Waals surface area contributed by atoms with E-state index in [-0.39, 0.29) is 10.5 Å². The smallest absolute Gasteiger partial charge is 0.344 e. The van der Waals surface area contributed by atoms with E-state index in [1.807, 2.05) is 32.9 Å². The zero-order valence-electron chi connectivity index (χ0n) is 16.8.